The average Bonchev–Trinajstić information content (AvgIpc) is 3.02. The number of nitrogens with zero attached hydrogens (tertiary/aromatic N) is 1. The van der Waals surface area contributed by atoms with Crippen LogP contribution in [0, 0.1) is 5.92 Å². The summed E-state index contributed by atoms with van der Waals surface area (Å²) in [5, 5.41) is 2.63. The number of hydrogen-bond donors (Lipinski definition) is 1. The summed E-state index contributed by atoms with van der Waals surface area (Å²) in [7, 11) is 0. The minimum Gasteiger partial charge on any atom is -0.494 e. The Hall–Kier alpha value is -3.81. The number of amides is 1. The van der Waals surface area contributed by atoms with Crippen molar-refractivity contribution in [2.75, 3.05) is 13.2 Å². The van der Waals surface area contributed by atoms with E-state index >= 15 is 0 Å². The molecule has 0 heterocycles. The van der Waals surface area contributed by atoms with E-state index in [1.165, 1.54) is 6.07 Å². The fraction of sp³-hybridized carbons (Fsp3) is 0.306. The Morgan fingerprint density at radius 3 is 2.09 bits per heavy atom. The van der Waals surface area contributed by atoms with Gasteiger partial charge in [0.05, 0.1) is 22.7 Å². The lowest BCUT2D eigenvalue weighted by molar-refractivity contribution is -0.137. The zero-order valence-corrected chi connectivity index (χ0v) is 26.0. The van der Waals surface area contributed by atoms with Crippen LogP contribution in [0.5, 0.6) is 5.75 Å². The van der Waals surface area contributed by atoms with Crippen LogP contribution in [0.4, 0.5) is 13.2 Å². The van der Waals surface area contributed by atoms with Crippen LogP contribution in [0.1, 0.15) is 55.0 Å². The van der Waals surface area contributed by atoms with E-state index in [1.54, 1.807) is 6.07 Å². The van der Waals surface area contributed by atoms with Crippen LogP contribution >= 0.6 is 11.6 Å². The molecule has 4 aromatic carbocycles. The highest BCUT2D eigenvalue weighted by Crippen LogP contribution is 2.40. The monoisotopic (exact) mass is 622 g/mol. The molecule has 4 nitrogen and oxygen atoms in total. The average molecular weight is 623 g/mol. The molecular formula is C36H38ClF3N2O2. The molecule has 0 bridgehead atoms. The van der Waals surface area contributed by atoms with Crippen LogP contribution in [0.3, 0.4) is 0 Å². The van der Waals surface area contributed by atoms with Gasteiger partial charge in [-0.15, -0.1) is 0 Å². The zero-order chi connectivity index (χ0) is 31.7. The maximum absolute atomic E-state index is 13.8. The van der Waals surface area contributed by atoms with Gasteiger partial charge in [0, 0.05) is 25.6 Å². The Labute approximate surface area is 262 Å². The summed E-state index contributed by atoms with van der Waals surface area (Å²) in [5.41, 5.74) is 1.81. The molecule has 4 rings (SSSR count). The molecule has 0 saturated carbocycles. The third-order valence-corrected chi connectivity index (χ3v) is 8.23. The summed E-state index contributed by atoms with van der Waals surface area (Å²) in [4.78, 5) is 14.1. The van der Waals surface area contributed by atoms with Gasteiger partial charge < -0.3 is 10.1 Å². The van der Waals surface area contributed by atoms with E-state index in [1.807, 2.05) is 98.8 Å². The highest BCUT2D eigenvalue weighted by Gasteiger charge is 2.37. The van der Waals surface area contributed by atoms with Gasteiger partial charge in [0.1, 0.15) is 5.75 Å². The molecular weight excluding hydrogens is 585 g/mol. The summed E-state index contributed by atoms with van der Waals surface area (Å²) in [6, 6.07) is 31.5. The van der Waals surface area contributed by atoms with E-state index in [0.717, 1.165) is 22.8 Å². The minimum absolute atomic E-state index is 0.0165. The van der Waals surface area contributed by atoms with E-state index in [0.29, 0.717) is 37.4 Å². The Morgan fingerprint density at radius 1 is 0.886 bits per heavy atom. The summed E-state index contributed by atoms with van der Waals surface area (Å²) >= 11 is 6.40. The van der Waals surface area contributed by atoms with E-state index in [2.05, 4.69) is 17.1 Å². The van der Waals surface area contributed by atoms with Crippen molar-refractivity contribution in [1.82, 2.24) is 10.2 Å². The van der Waals surface area contributed by atoms with Gasteiger partial charge in [-0.2, -0.15) is 13.2 Å². The molecule has 0 saturated heterocycles. The number of alkyl halides is 3. The van der Waals surface area contributed by atoms with E-state index in [4.69, 9.17) is 16.3 Å². The maximum Gasteiger partial charge on any atom is 0.417 e. The molecule has 0 atom stereocenters. The van der Waals surface area contributed by atoms with Crippen molar-refractivity contribution >= 4 is 17.5 Å². The topological polar surface area (TPSA) is 41.6 Å². The number of carbonyl (C=O) groups excluding carboxylic acids is 1. The van der Waals surface area contributed by atoms with Crippen molar-refractivity contribution in [2.24, 2.45) is 5.92 Å². The molecule has 0 fully saturated rings. The first-order valence-corrected chi connectivity index (χ1v) is 15.1. The van der Waals surface area contributed by atoms with Crippen molar-refractivity contribution in [3.05, 3.63) is 136 Å². The number of rotatable bonds is 13. The molecule has 1 amide bonds. The Morgan fingerprint density at radius 2 is 1.50 bits per heavy atom. The lowest BCUT2D eigenvalue weighted by Crippen LogP contribution is -2.45. The first kappa shape index (κ1) is 33.1. The van der Waals surface area contributed by atoms with Crippen molar-refractivity contribution in [1.29, 1.82) is 0 Å². The number of benzene rings is 4. The molecule has 8 heteroatoms. The van der Waals surface area contributed by atoms with Gasteiger partial charge in [-0.3, -0.25) is 9.69 Å². The fourth-order valence-electron chi connectivity index (χ4n) is 5.23. The largest absolute Gasteiger partial charge is 0.494 e. The van der Waals surface area contributed by atoms with E-state index < -0.39 is 17.3 Å². The number of hydrogen-bond acceptors (Lipinski definition) is 3. The standard InChI is InChI=1S/C36H38ClF3N2O2/c1-26(2)34(43)41-24-27-13-10-19-31(23-27)44-22-12-21-42(25-28-14-11-20-32(33(28)37)36(38,39)40)35(3,29-15-6-4-7-16-29)30-17-8-5-9-18-30/h4-11,13-20,23,26H,12,21-22,24-25H2,1-3H3,(H,41,43). The summed E-state index contributed by atoms with van der Waals surface area (Å²) in [5.74, 6) is 0.570. The number of carbonyl (C=O) groups is 1. The summed E-state index contributed by atoms with van der Waals surface area (Å²) < 4.78 is 47.4. The van der Waals surface area contributed by atoms with Crippen molar-refractivity contribution in [3.63, 3.8) is 0 Å². The third-order valence-electron chi connectivity index (χ3n) is 7.78. The van der Waals surface area contributed by atoms with Crippen LogP contribution in [0.25, 0.3) is 0 Å². The molecule has 0 spiro atoms. The Balaban J connectivity index is 1.59. The van der Waals surface area contributed by atoms with Crippen LogP contribution in [-0.2, 0) is 29.6 Å². The maximum atomic E-state index is 13.8. The lowest BCUT2D eigenvalue weighted by Gasteiger charge is -2.43. The molecule has 1 N–H and O–H groups in total. The molecule has 0 radical (unpaired) electrons. The molecule has 0 unspecified atom stereocenters. The van der Waals surface area contributed by atoms with Crippen LogP contribution in [0.15, 0.2) is 103 Å². The van der Waals surface area contributed by atoms with Crippen molar-refractivity contribution < 1.29 is 22.7 Å². The predicted molar refractivity (Wildman–Crippen MR) is 169 cm³/mol. The van der Waals surface area contributed by atoms with Gasteiger partial charge in [0.25, 0.3) is 0 Å². The van der Waals surface area contributed by atoms with Crippen LogP contribution < -0.4 is 10.1 Å². The normalized spacial score (nSPS) is 12.0. The summed E-state index contributed by atoms with van der Waals surface area (Å²) in [6.07, 6.45) is -3.96. The molecule has 44 heavy (non-hydrogen) atoms. The molecule has 232 valence electrons. The zero-order valence-electron chi connectivity index (χ0n) is 25.2. The minimum atomic E-state index is -4.56. The first-order valence-electron chi connectivity index (χ1n) is 14.7. The Bertz CT molecular complexity index is 1470. The third kappa shape index (κ3) is 8.21. The highest BCUT2D eigenvalue weighted by atomic mass is 35.5. The van der Waals surface area contributed by atoms with Gasteiger partial charge in [0.15, 0.2) is 0 Å². The summed E-state index contributed by atoms with van der Waals surface area (Å²) in [6.45, 7) is 7.28. The second kappa shape index (κ2) is 14.8. The second-order valence-electron chi connectivity index (χ2n) is 11.2. The van der Waals surface area contributed by atoms with Gasteiger partial charge in [-0.1, -0.05) is 110 Å². The van der Waals surface area contributed by atoms with Crippen LogP contribution in [0.2, 0.25) is 5.02 Å². The molecule has 0 aromatic heterocycles. The van der Waals surface area contributed by atoms with E-state index in [9.17, 15) is 18.0 Å². The van der Waals surface area contributed by atoms with Crippen LogP contribution in [-0.4, -0.2) is 24.0 Å². The Kier molecular flexibility index (Phi) is 11.1. The van der Waals surface area contributed by atoms with Gasteiger partial charge in [-0.25, -0.2) is 0 Å². The number of nitrogens with one attached hydrogen (secondary N) is 1. The molecule has 4 aromatic rings. The molecule has 0 aliphatic carbocycles. The van der Waals surface area contributed by atoms with Crippen molar-refractivity contribution in [2.45, 2.75) is 52.0 Å². The lowest BCUT2D eigenvalue weighted by atomic mass is 9.82. The quantitative estimate of drug-likeness (QED) is 0.151. The van der Waals surface area contributed by atoms with Gasteiger partial charge in [-0.05, 0) is 53.8 Å². The highest BCUT2D eigenvalue weighted by molar-refractivity contribution is 6.32. The first-order chi connectivity index (χ1) is 21.0. The predicted octanol–water partition coefficient (Wildman–Crippen LogP) is 8.87. The fourth-order valence-corrected chi connectivity index (χ4v) is 5.52. The van der Waals surface area contributed by atoms with Crippen molar-refractivity contribution in [3.8, 4) is 5.75 Å². The number of ether oxygens (including phenoxy) is 1. The number of halogens is 4. The van der Waals surface area contributed by atoms with E-state index in [-0.39, 0.29) is 23.4 Å². The van der Waals surface area contributed by atoms with Gasteiger partial charge >= 0.3 is 6.18 Å². The van der Waals surface area contributed by atoms with Gasteiger partial charge in [0.2, 0.25) is 5.91 Å². The SMILES string of the molecule is CC(C)C(=O)NCc1cccc(OCCCN(Cc2cccc(C(F)(F)F)c2Cl)C(C)(c2ccccc2)c2ccccc2)c1. The molecule has 0 aliphatic heterocycles. The molecule has 0 aliphatic rings. The smallest absolute Gasteiger partial charge is 0.417 e. The second-order valence-corrected chi connectivity index (χ2v) is 11.6.